The summed E-state index contributed by atoms with van der Waals surface area (Å²) >= 11 is 0. The van der Waals surface area contributed by atoms with Crippen molar-refractivity contribution in [2.75, 3.05) is 22.1 Å². The van der Waals surface area contributed by atoms with E-state index in [1.165, 1.54) is 37.3 Å². The fourth-order valence-electron chi connectivity index (χ4n) is 2.26. The molecular weight excluding hydrogens is 432 g/mol. The molecule has 0 aromatic heterocycles. The number of rotatable bonds is 10. The van der Waals surface area contributed by atoms with Crippen LogP contribution in [0.5, 0.6) is 11.5 Å². The number of carbonyl (C=O) groups is 1. The van der Waals surface area contributed by atoms with Gasteiger partial charge in [0.25, 0.3) is 0 Å². The Kier molecular flexibility index (Phi) is 8.07. The van der Waals surface area contributed by atoms with Crippen LogP contribution in [0.2, 0.25) is 0 Å². The first-order chi connectivity index (χ1) is 14.1. The topological polar surface area (TPSA) is 128 Å². The van der Waals surface area contributed by atoms with E-state index in [-0.39, 0.29) is 34.4 Å². The SMILES string of the molecule is CCCCS(=O)(=O)Oc1cccc(NC(=O)Nc2ccccc2OS(=O)(=O)CC)c1. The van der Waals surface area contributed by atoms with Crippen LogP contribution in [0.1, 0.15) is 26.7 Å². The molecule has 0 aliphatic heterocycles. The van der Waals surface area contributed by atoms with E-state index in [2.05, 4.69) is 10.6 Å². The summed E-state index contributed by atoms with van der Waals surface area (Å²) in [6, 6.07) is 11.3. The summed E-state index contributed by atoms with van der Waals surface area (Å²) in [6.45, 7) is 3.31. The quantitative estimate of drug-likeness (QED) is 0.523. The van der Waals surface area contributed by atoms with Gasteiger partial charge in [-0.1, -0.05) is 31.5 Å². The Hall–Kier alpha value is -2.79. The van der Waals surface area contributed by atoms with Crippen molar-refractivity contribution in [1.82, 2.24) is 0 Å². The maximum Gasteiger partial charge on any atom is 0.323 e. The highest BCUT2D eigenvalue weighted by Gasteiger charge is 2.15. The van der Waals surface area contributed by atoms with Crippen LogP contribution in [-0.2, 0) is 20.2 Å². The summed E-state index contributed by atoms with van der Waals surface area (Å²) in [5.41, 5.74) is 0.442. The monoisotopic (exact) mass is 456 g/mol. The molecule has 2 aromatic rings. The van der Waals surface area contributed by atoms with Crippen LogP contribution in [0.15, 0.2) is 48.5 Å². The largest absolute Gasteiger partial charge is 0.382 e. The molecule has 0 spiro atoms. The van der Waals surface area contributed by atoms with Gasteiger partial charge in [0.15, 0.2) is 5.75 Å². The Morgan fingerprint density at radius 2 is 1.63 bits per heavy atom. The van der Waals surface area contributed by atoms with Crippen molar-refractivity contribution in [3.63, 3.8) is 0 Å². The van der Waals surface area contributed by atoms with Crippen molar-refractivity contribution >= 4 is 37.6 Å². The van der Waals surface area contributed by atoms with Gasteiger partial charge in [0.05, 0.1) is 17.2 Å². The second kappa shape index (κ2) is 10.3. The lowest BCUT2D eigenvalue weighted by Crippen LogP contribution is -2.21. The molecule has 0 unspecified atom stereocenters. The summed E-state index contributed by atoms with van der Waals surface area (Å²) in [5, 5.41) is 5.04. The van der Waals surface area contributed by atoms with Gasteiger partial charge < -0.3 is 19.0 Å². The van der Waals surface area contributed by atoms with E-state index in [9.17, 15) is 21.6 Å². The summed E-state index contributed by atoms with van der Waals surface area (Å²) in [5.74, 6) is -0.268. The molecular formula is C19H24N2O7S2. The number of carbonyl (C=O) groups excluding carboxylic acids is 1. The van der Waals surface area contributed by atoms with E-state index in [1.54, 1.807) is 18.2 Å². The molecule has 0 aliphatic rings. The summed E-state index contributed by atoms with van der Waals surface area (Å²) < 4.78 is 57.3. The molecule has 0 saturated carbocycles. The molecule has 2 N–H and O–H groups in total. The van der Waals surface area contributed by atoms with Crippen molar-refractivity contribution in [2.45, 2.75) is 26.7 Å². The third kappa shape index (κ3) is 7.56. The van der Waals surface area contributed by atoms with Crippen LogP contribution in [0.3, 0.4) is 0 Å². The molecule has 0 atom stereocenters. The smallest absolute Gasteiger partial charge is 0.323 e. The first-order valence-corrected chi connectivity index (χ1v) is 12.4. The highest BCUT2D eigenvalue weighted by Crippen LogP contribution is 2.26. The van der Waals surface area contributed by atoms with E-state index in [1.807, 2.05) is 6.92 Å². The average Bonchev–Trinajstić information content (AvgIpc) is 2.67. The normalized spacial score (nSPS) is 11.5. The lowest BCUT2D eigenvalue weighted by Gasteiger charge is -2.13. The van der Waals surface area contributed by atoms with Crippen LogP contribution in [0.4, 0.5) is 16.2 Å². The van der Waals surface area contributed by atoms with Gasteiger partial charge in [0, 0.05) is 11.8 Å². The maximum atomic E-state index is 12.3. The molecule has 2 amide bonds. The van der Waals surface area contributed by atoms with Gasteiger partial charge in [0.2, 0.25) is 0 Å². The lowest BCUT2D eigenvalue weighted by molar-refractivity contribution is 0.262. The molecule has 0 heterocycles. The number of para-hydroxylation sites is 2. The Labute approximate surface area is 176 Å². The first kappa shape index (κ1) is 23.5. The molecule has 0 aliphatic carbocycles. The minimum atomic E-state index is -3.76. The Balaban J connectivity index is 2.08. The molecule has 2 rings (SSSR count). The lowest BCUT2D eigenvalue weighted by atomic mass is 10.3. The van der Waals surface area contributed by atoms with E-state index in [0.717, 1.165) is 6.42 Å². The Bertz CT molecular complexity index is 1080. The molecule has 30 heavy (non-hydrogen) atoms. The predicted molar refractivity (Wildman–Crippen MR) is 115 cm³/mol. The van der Waals surface area contributed by atoms with Gasteiger partial charge in [-0.05, 0) is 37.6 Å². The highest BCUT2D eigenvalue weighted by molar-refractivity contribution is 7.87. The van der Waals surface area contributed by atoms with Gasteiger partial charge in [-0.25, -0.2) is 4.79 Å². The minimum Gasteiger partial charge on any atom is -0.382 e. The molecule has 2 aromatic carbocycles. The van der Waals surface area contributed by atoms with Crippen molar-refractivity contribution < 1.29 is 30.0 Å². The summed E-state index contributed by atoms with van der Waals surface area (Å²) in [4.78, 5) is 12.3. The van der Waals surface area contributed by atoms with E-state index in [4.69, 9.17) is 8.37 Å². The van der Waals surface area contributed by atoms with E-state index >= 15 is 0 Å². The molecule has 0 bridgehead atoms. The highest BCUT2D eigenvalue weighted by atomic mass is 32.2. The molecule has 164 valence electrons. The zero-order valence-corrected chi connectivity index (χ0v) is 18.3. The number of hydrogen-bond donors (Lipinski definition) is 2. The number of anilines is 2. The Morgan fingerprint density at radius 1 is 0.900 bits per heavy atom. The summed E-state index contributed by atoms with van der Waals surface area (Å²) in [6.07, 6.45) is 1.20. The zero-order valence-electron chi connectivity index (χ0n) is 16.6. The van der Waals surface area contributed by atoms with Gasteiger partial charge in [0.1, 0.15) is 5.75 Å². The van der Waals surface area contributed by atoms with Crippen molar-refractivity contribution in [2.24, 2.45) is 0 Å². The minimum absolute atomic E-state index is 0.0198. The van der Waals surface area contributed by atoms with Crippen LogP contribution in [0, 0.1) is 0 Å². The third-order valence-electron chi connectivity index (χ3n) is 3.77. The van der Waals surface area contributed by atoms with Crippen LogP contribution >= 0.6 is 0 Å². The fraction of sp³-hybridized carbons (Fsp3) is 0.316. The van der Waals surface area contributed by atoms with E-state index < -0.39 is 26.3 Å². The Morgan fingerprint density at radius 3 is 2.33 bits per heavy atom. The number of hydrogen-bond acceptors (Lipinski definition) is 7. The van der Waals surface area contributed by atoms with Gasteiger partial charge in [-0.15, -0.1) is 0 Å². The molecule has 11 heteroatoms. The first-order valence-electron chi connectivity index (χ1n) is 9.25. The van der Waals surface area contributed by atoms with Gasteiger partial charge >= 0.3 is 26.3 Å². The summed E-state index contributed by atoms with van der Waals surface area (Å²) in [7, 11) is -7.48. The average molecular weight is 457 g/mol. The van der Waals surface area contributed by atoms with E-state index in [0.29, 0.717) is 6.42 Å². The molecule has 9 nitrogen and oxygen atoms in total. The zero-order chi connectivity index (χ0) is 22.2. The van der Waals surface area contributed by atoms with Gasteiger partial charge in [-0.3, -0.25) is 0 Å². The number of amides is 2. The number of unbranched alkanes of at least 4 members (excludes halogenated alkanes) is 1. The second-order valence-electron chi connectivity index (χ2n) is 6.23. The predicted octanol–water partition coefficient (Wildman–Crippen LogP) is 3.57. The standard InChI is InChI=1S/C19H24N2O7S2/c1-3-5-13-30(25,26)27-16-10-8-9-15(14-16)20-19(22)21-17-11-6-7-12-18(17)28-29(23,24)4-2/h6-12,14H,3-5,13H2,1-2H3,(H2,20,21,22). The van der Waals surface area contributed by atoms with Crippen molar-refractivity contribution in [1.29, 1.82) is 0 Å². The van der Waals surface area contributed by atoms with Crippen LogP contribution in [-0.4, -0.2) is 34.4 Å². The number of nitrogens with one attached hydrogen (secondary N) is 2. The van der Waals surface area contributed by atoms with Gasteiger partial charge in [-0.2, -0.15) is 16.8 Å². The van der Waals surface area contributed by atoms with Crippen molar-refractivity contribution in [3.05, 3.63) is 48.5 Å². The maximum absolute atomic E-state index is 12.3. The second-order valence-corrected chi connectivity index (χ2v) is 9.78. The molecule has 0 fully saturated rings. The third-order valence-corrected chi connectivity index (χ3v) is 6.14. The van der Waals surface area contributed by atoms with Crippen LogP contribution in [0.25, 0.3) is 0 Å². The molecule has 0 saturated heterocycles. The number of benzene rings is 2. The fourth-order valence-corrected chi connectivity index (χ4v) is 3.92. The molecule has 0 radical (unpaired) electrons. The van der Waals surface area contributed by atoms with Crippen molar-refractivity contribution in [3.8, 4) is 11.5 Å². The van der Waals surface area contributed by atoms with Crippen LogP contribution < -0.4 is 19.0 Å². The number of urea groups is 1.